The maximum absolute atomic E-state index is 12.6. The Bertz CT molecular complexity index is 965. The highest BCUT2D eigenvalue weighted by Crippen LogP contribution is 2.39. The molecular formula is C23H24Cl2N2O2. The Balaban J connectivity index is 1.66. The second-order valence-corrected chi connectivity index (χ2v) is 9.78. The first kappa shape index (κ1) is 20.4. The summed E-state index contributed by atoms with van der Waals surface area (Å²) in [5.74, 6) is -0.152. The first-order valence-corrected chi connectivity index (χ1v) is 10.5. The molecule has 2 aliphatic heterocycles. The molecule has 0 saturated carbocycles. The smallest absolute Gasteiger partial charge is 0.234 e. The van der Waals surface area contributed by atoms with Gasteiger partial charge in [-0.05, 0) is 53.4 Å². The van der Waals surface area contributed by atoms with Gasteiger partial charge in [0.2, 0.25) is 11.8 Å². The number of piperidine rings is 1. The molecule has 0 radical (unpaired) electrons. The molecule has 0 aliphatic carbocycles. The molecule has 4 nitrogen and oxygen atoms in total. The summed E-state index contributed by atoms with van der Waals surface area (Å²) in [6.07, 6.45) is 0.747. The van der Waals surface area contributed by atoms with Gasteiger partial charge in [-0.25, -0.2) is 0 Å². The number of amides is 2. The first-order valence-electron chi connectivity index (χ1n) is 9.77. The molecular weight excluding hydrogens is 407 g/mol. The number of anilines is 1. The maximum atomic E-state index is 12.6. The Morgan fingerprint density at radius 3 is 2.24 bits per heavy atom. The number of nitrogens with zero attached hydrogens (tertiary/aromatic N) is 2. The summed E-state index contributed by atoms with van der Waals surface area (Å²) in [6, 6.07) is 11.5. The number of fused-ring (bicyclic) bond motifs is 1. The lowest BCUT2D eigenvalue weighted by Gasteiger charge is -2.35. The number of rotatable bonds is 2. The van der Waals surface area contributed by atoms with Crippen molar-refractivity contribution in [1.29, 1.82) is 0 Å². The Morgan fingerprint density at radius 2 is 1.62 bits per heavy atom. The minimum absolute atomic E-state index is 0.126. The second kappa shape index (κ2) is 7.42. The zero-order chi connectivity index (χ0) is 20.9. The van der Waals surface area contributed by atoms with Crippen molar-refractivity contribution in [3.8, 4) is 0 Å². The fourth-order valence-corrected chi connectivity index (χ4v) is 5.02. The summed E-state index contributed by atoms with van der Waals surface area (Å²) in [5.41, 5.74) is 3.70. The number of likely N-dealkylation sites (N-methyl/N-ethyl adjacent to an activating group) is 1. The number of halogens is 2. The zero-order valence-electron chi connectivity index (χ0n) is 16.8. The van der Waals surface area contributed by atoms with E-state index in [0.717, 1.165) is 29.8 Å². The molecule has 0 aromatic heterocycles. The molecule has 1 atom stereocenters. The van der Waals surface area contributed by atoms with Crippen LogP contribution in [0.1, 0.15) is 49.3 Å². The normalized spacial score (nSPS) is 22.0. The van der Waals surface area contributed by atoms with Crippen LogP contribution in [-0.4, -0.2) is 30.3 Å². The molecule has 29 heavy (non-hydrogen) atoms. The molecule has 2 aromatic carbocycles. The molecule has 2 heterocycles. The van der Waals surface area contributed by atoms with Crippen LogP contribution < -0.4 is 4.90 Å². The topological polar surface area (TPSA) is 40.6 Å². The molecule has 1 saturated heterocycles. The van der Waals surface area contributed by atoms with Crippen molar-refractivity contribution in [2.45, 2.75) is 39.2 Å². The van der Waals surface area contributed by atoms with Crippen LogP contribution >= 0.6 is 23.2 Å². The zero-order valence-corrected chi connectivity index (χ0v) is 18.3. The van der Waals surface area contributed by atoms with E-state index in [2.05, 4.69) is 11.9 Å². The summed E-state index contributed by atoms with van der Waals surface area (Å²) < 4.78 is 0. The number of carbonyl (C=O) groups is 2. The lowest BCUT2D eigenvalue weighted by molar-refractivity contribution is -0.132. The van der Waals surface area contributed by atoms with Crippen molar-refractivity contribution >= 4 is 40.7 Å². The van der Waals surface area contributed by atoms with Crippen molar-refractivity contribution in [2.24, 2.45) is 5.41 Å². The second-order valence-electron chi connectivity index (χ2n) is 8.94. The van der Waals surface area contributed by atoms with Crippen molar-refractivity contribution < 1.29 is 9.59 Å². The van der Waals surface area contributed by atoms with Gasteiger partial charge in [-0.3, -0.25) is 14.5 Å². The summed E-state index contributed by atoms with van der Waals surface area (Å²) in [7, 11) is 2.07. The van der Waals surface area contributed by atoms with E-state index in [0.29, 0.717) is 28.6 Å². The molecule has 0 bridgehead atoms. The van der Waals surface area contributed by atoms with Crippen molar-refractivity contribution in [3.63, 3.8) is 0 Å². The van der Waals surface area contributed by atoms with Gasteiger partial charge in [0.25, 0.3) is 0 Å². The van der Waals surface area contributed by atoms with Crippen LogP contribution in [-0.2, 0) is 16.1 Å². The highest BCUT2D eigenvalue weighted by atomic mass is 35.5. The lowest BCUT2D eigenvalue weighted by atomic mass is 9.81. The third kappa shape index (κ3) is 3.94. The van der Waals surface area contributed by atoms with Crippen LogP contribution in [0.3, 0.4) is 0 Å². The Kier molecular flexibility index (Phi) is 5.22. The van der Waals surface area contributed by atoms with E-state index >= 15 is 0 Å². The van der Waals surface area contributed by atoms with Crippen molar-refractivity contribution in [2.75, 3.05) is 18.5 Å². The third-order valence-electron chi connectivity index (χ3n) is 5.80. The van der Waals surface area contributed by atoms with Gasteiger partial charge in [-0.1, -0.05) is 49.2 Å². The van der Waals surface area contributed by atoms with E-state index in [4.69, 9.17) is 23.2 Å². The van der Waals surface area contributed by atoms with Gasteiger partial charge < -0.3 is 4.90 Å². The maximum Gasteiger partial charge on any atom is 0.234 e. The molecule has 1 fully saturated rings. The summed E-state index contributed by atoms with van der Waals surface area (Å²) in [4.78, 5) is 28.7. The number of hydrogen-bond acceptors (Lipinski definition) is 3. The van der Waals surface area contributed by atoms with Gasteiger partial charge in [-0.15, -0.1) is 0 Å². The Labute approximate surface area is 181 Å². The molecule has 152 valence electrons. The summed E-state index contributed by atoms with van der Waals surface area (Å²) >= 11 is 12.7. The predicted octanol–water partition coefficient (Wildman–Crippen LogP) is 5.25. The van der Waals surface area contributed by atoms with E-state index in [9.17, 15) is 9.59 Å². The number of carbonyl (C=O) groups excluding carboxylic acids is 2. The molecule has 4 rings (SSSR count). The van der Waals surface area contributed by atoms with Gasteiger partial charge in [0.1, 0.15) is 0 Å². The molecule has 2 aromatic rings. The van der Waals surface area contributed by atoms with E-state index in [1.165, 1.54) is 4.90 Å². The average molecular weight is 431 g/mol. The quantitative estimate of drug-likeness (QED) is 0.610. The molecule has 2 amide bonds. The Hall–Kier alpha value is -1.88. The first-order chi connectivity index (χ1) is 13.6. The van der Waals surface area contributed by atoms with Gasteiger partial charge >= 0.3 is 0 Å². The lowest BCUT2D eigenvalue weighted by Crippen LogP contribution is -2.46. The standard InChI is InChI=1S/C23H24Cl2N2O2/c1-23(2)10-21(28)27(22(29)11-23)16-6-4-14(5-7-16)18-12-26(3)13-19-17(18)8-15(24)9-20(19)25/h4-9,18H,10-13H2,1-3H3. The highest BCUT2D eigenvalue weighted by Gasteiger charge is 2.38. The monoisotopic (exact) mass is 430 g/mol. The number of imide groups is 1. The van der Waals surface area contributed by atoms with E-state index < -0.39 is 0 Å². The number of benzene rings is 2. The molecule has 6 heteroatoms. The molecule has 2 aliphatic rings. The van der Waals surface area contributed by atoms with Crippen LogP contribution in [0.2, 0.25) is 10.0 Å². The fourth-order valence-electron chi connectivity index (χ4n) is 4.45. The molecule has 0 N–H and O–H groups in total. The van der Waals surface area contributed by atoms with Crippen LogP contribution in [0, 0.1) is 5.41 Å². The van der Waals surface area contributed by atoms with Crippen LogP contribution in [0.15, 0.2) is 36.4 Å². The largest absolute Gasteiger partial charge is 0.301 e. The van der Waals surface area contributed by atoms with Crippen LogP contribution in [0.25, 0.3) is 0 Å². The van der Waals surface area contributed by atoms with E-state index in [1.807, 2.05) is 44.2 Å². The van der Waals surface area contributed by atoms with Gasteiger partial charge in [0, 0.05) is 41.9 Å². The minimum atomic E-state index is -0.278. The molecule has 0 spiro atoms. The van der Waals surface area contributed by atoms with Crippen LogP contribution in [0.4, 0.5) is 5.69 Å². The van der Waals surface area contributed by atoms with E-state index in [-0.39, 0.29) is 23.1 Å². The Morgan fingerprint density at radius 1 is 1.00 bits per heavy atom. The average Bonchev–Trinajstić information content (AvgIpc) is 2.61. The summed E-state index contributed by atoms with van der Waals surface area (Å²) in [5, 5.41) is 1.32. The SMILES string of the molecule is CN1Cc2c(Cl)cc(Cl)cc2C(c2ccc(N3C(=O)CC(C)(C)CC3=O)cc2)C1. The van der Waals surface area contributed by atoms with Gasteiger partial charge in [0.15, 0.2) is 0 Å². The fraction of sp³-hybridized carbons (Fsp3) is 0.391. The van der Waals surface area contributed by atoms with Crippen molar-refractivity contribution in [1.82, 2.24) is 4.90 Å². The third-order valence-corrected chi connectivity index (χ3v) is 6.36. The predicted molar refractivity (Wildman–Crippen MR) is 117 cm³/mol. The molecule has 1 unspecified atom stereocenters. The van der Waals surface area contributed by atoms with E-state index in [1.54, 1.807) is 6.07 Å². The highest BCUT2D eigenvalue weighted by molar-refractivity contribution is 6.35. The van der Waals surface area contributed by atoms with Gasteiger partial charge in [0.05, 0.1) is 5.69 Å². The minimum Gasteiger partial charge on any atom is -0.301 e. The van der Waals surface area contributed by atoms with Gasteiger partial charge in [-0.2, -0.15) is 0 Å². The summed E-state index contributed by atoms with van der Waals surface area (Å²) in [6.45, 7) is 5.54. The number of hydrogen-bond donors (Lipinski definition) is 0. The van der Waals surface area contributed by atoms with Crippen LogP contribution in [0.5, 0.6) is 0 Å². The van der Waals surface area contributed by atoms with Crippen molar-refractivity contribution in [3.05, 3.63) is 63.1 Å².